The van der Waals surface area contributed by atoms with Crippen LogP contribution in [0, 0.1) is 11.8 Å². The number of rotatable bonds is 7. The van der Waals surface area contributed by atoms with Crippen molar-refractivity contribution < 1.29 is 28.7 Å². The number of amides is 2. The second kappa shape index (κ2) is 9.45. The fraction of sp³-hybridized carbons (Fsp3) is 0.684. The molecule has 8 nitrogen and oxygen atoms in total. The van der Waals surface area contributed by atoms with Gasteiger partial charge in [-0.2, -0.15) is 0 Å². The molecule has 2 heterocycles. The number of nitrogens with zero attached hydrogens (tertiary/aromatic N) is 2. The molecular weight excluding hydrogens is 384 g/mol. The molecule has 0 bridgehead atoms. The number of methoxy groups -OCH3 is 1. The summed E-state index contributed by atoms with van der Waals surface area (Å²) < 4.78 is 9.97. The lowest BCUT2D eigenvalue weighted by Gasteiger charge is -2.31. The molecule has 0 atom stereocenters. The first-order valence-corrected chi connectivity index (χ1v) is 10.7. The lowest BCUT2D eigenvalue weighted by Crippen LogP contribution is -2.41. The standard InChI is InChI=1S/C19H26N2O6S/c1-26-17(23)11-16-21(15(22)12-28-16)7-2-10-27-19(25)14-5-8-20(9-6-14)18(24)13-3-4-13/h11,13-14H,2-10,12H2,1H3/b16-11+. The third-order valence-electron chi connectivity index (χ3n) is 5.19. The number of piperidine rings is 1. The molecule has 0 unspecified atom stereocenters. The monoisotopic (exact) mass is 410 g/mol. The van der Waals surface area contributed by atoms with Gasteiger partial charge in [-0.05, 0) is 32.1 Å². The van der Waals surface area contributed by atoms with Crippen LogP contribution in [0.25, 0.3) is 0 Å². The van der Waals surface area contributed by atoms with Gasteiger partial charge < -0.3 is 19.3 Å². The maximum absolute atomic E-state index is 12.2. The second-order valence-electron chi connectivity index (χ2n) is 7.23. The van der Waals surface area contributed by atoms with Crippen LogP contribution in [-0.2, 0) is 28.7 Å². The Bertz CT molecular complexity index is 667. The summed E-state index contributed by atoms with van der Waals surface area (Å²) in [5.74, 6) is -0.225. The number of carbonyl (C=O) groups is 4. The van der Waals surface area contributed by atoms with E-state index in [2.05, 4.69) is 4.74 Å². The first-order chi connectivity index (χ1) is 13.5. The fourth-order valence-corrected chi connectivity index (χ4v) is 4.32. The van der Waals surface area contributed by atoms with Crippen molar-refractivity contribution in [3.63, 3.8) is 0 Å². The van der Waals surface area contributed by atoms with Crippen molar-refractivity contribution in [3.05, 3.63) is 11.1 Å². The van der Waals surface area contributed by atoms with Gasteiger partial charge in [0.2, 0.25) is 11.8 Å². The summed E-state index contributed by atoms with van der Waals surface area (Å²) in [7, 11) is 1.29. The lowest BCUT2D eigenvalue weighted by atomic mass is 9.97. The number of hydrogen-bond acceptors (Lipinski definition) is 7. The highest BCUT2D eigenvalue weighted by molar-refractivity contribution is 8.04. The highest BCUT2D eigenvalue weighted by Gasteiger charge is 2.36. The van der Waals surface area contributed by atoms with Gasteiger partial charge in [-0.1, -0.05) is 11.8 Å². The topological polar surface area (TPSA) is 93.2 Å². The van der Waals surface area contributed by atoms with Gasteiger partial charge in [0.15, 0.2) is 0 Å². The third kappa shape index (κ3) is 5.27. The maximum atomic E-state index is 12.2. The van der Waals surface area contributed by atoms with Crippen LogP contribution in [0.2, 0.25) is 0 Å². The maximum Gasteiger partial charge on any atom is 0.333 e. The van der Waals surface area contributed by atoms with Crippen LogP contribution in [0.3, 0.4) is 0 Å². The van der Waals surface area contributed by atoms with Gasteiger partial charge in [-0.25, -0.2) is 4.79 Å². The van der Waals surface area contributed by atoms with Gasteiger partial charge in [-0.3, -0.25) is 14.4 Å². The van der Waals surface area contributed by atoms with Crippen LogP contribution in [0.5, 0.6) is 0 Å². The molecule has 1 aliphatic carbocycles. The molecule has 0 radical (unpaired) electrons. The van der Waals surface area contributed by atoms with Crippen LogP contribution in [0.4, 0.5) is 0 Å². The van der Waals surface area contributed by atoms with E-state index >= 15 is 0 Å². The largest absolute Gasteiger partial charge is 0.466 e. The number of ether oxygens (including phenoxy) is 2. The lowest BCUT2D eigenvalue weighted by molar-refractivity contribution is -0.152. The van der Waals surface area contributed by atoms with Gasteiger partial charge >= 0.3 is 11.9 Å². The van der Waals surface area contributed by atoms with E-state index in [1.807, 2.05) is 4.90 Å². The average molecular weight is 410 g/mol. The minimum atomic E-state index is -0.500. The van der Waals surface area contributed by atoms with Crippen molar-refractivity contribution in [2.24, 2.45) is 11.8 Å². The summed E-state index contributed by atoms with van der Waals surface area (Å²) in [4.78, 5) is 51.0. The molecule has 0 aromatic heterocycles. The molecule has 2 saturated heterocycles. The normalized spacial score (nSPS) is 21.9. The molecule has 154 valence electrons. The second-order valence-corrected chi connectivity index (χ2v) is 8.23. The summed E-state index contributed by atoms with van der Waals surface area (Å²) in [5, 5.41) is 0.566. The van der Waals surface area contributed by atoms with Gasteiger partial charge in [0, 0.05) is 25.6 Å². The Hall–Kier alpha value is -2.03. The highest BCUT2D eigenvalue weighted by atomic mass is 32.2. The zero-order chi connectivity index (χ0) is 20.1. The Kier molecular flexibility index (Phi) is 6.98. The van der Waals surface area contributed by atoms with Gasteiger partial charge in [0.05, 0.1) is 36.5 Å². The smallest absolute Gasteiger partial charge is 0.333 e. The molecule has 3 fully saturated rings. The minimum absolute atomic E-state index is 0.0702. The SMILES string of the molecule is COC(=O)/C=C1/SCC(=O)N1CCCOC(=O)C1CCN(C(=O)C2CC2)CC1. The van der Waals surface area contributed by atoms with Crippen molar-refractivity contribution in [2.75, 3.05) is 39.1 Å². The van der Waals surface area contributed by atoms with Crippen LogP contribution in [-0.4, -0.2) is 72.7 Å². The van der Waals surface area contributed by atoms with E-state index in [0.29, 0.717) is 49.7 Å². The van der Waals surface area contributed by atoms with E-state index < -0.39 is 5.97 Å². The Morgan fingerprint density at radius 1 is 1.14 bits per heavy atom. The van der Waals surface area contributed by atoms with E-state index in [1.54, 1.807) is 0 Å². The number of esters is 2. The van der Waals surface area contributed by atoms with Gasteiger partial charge in [0.1, 0.15) is 0 Å². The van der Waals surface area contributed by atoms with E-state index in [0.717, 1.165) is 12.8 Å². The van der Waals surface area contributed by atoms with Gasteiger partial charge in [0.25, 0.3) is 0 Å². The summed E-state index contributed by atoms with van der Waals surface area (Å²) in [6.45, 7) is 1.85. The fourth-order valence-electron chi connectivity index (χ4n) is 3.37. The van der Waals surface area contributed by atoms with Crippen molar-refractivity contribution in [1.82, 2.24) is 9.80 Å². The number of likely N-dealkylation sites (tertiary alicyclic amines) is 1. The quantitative estimate of drug-likeness (QED) is 0.353. The molecule has 0 aromatic rings. The average Bonchev–Trinajstić information content (AvgIpc) is 3.50. The number of hydrogen-bond donors (Lipinski definition) is 0. The Morgan fingerprint density at radius 3 is 2.50 bits per heavy atom. The van der Waals surface area contributed by atoms with E-state index in [9.17, 15) is 19.2 Å². The molecule has 0 spiro atoms. The Balaban J connectivity index is 1.36. The summed E-state index contributed by atoms with van der Waals surface area (Å²) in [5.41, 5.74) is 0. The first kappa shape index (κ1) is 20.7. The van der Waals surface area contributed by atoms with Crippen molar-refractivity contribution in [3.8, 4) is 0 Å². The molecule has 3 aliphatic rings. The summed E-state index contributed by atoms with van der Waals surface area (Å²) in [6.07, 6.45) is 5.08. The van der Waals surface area contributed by atoms with Crippen molar-refractivity contribution in [1.29, 1.82) is 0 Å². The van der Waals surface area contributed by atoms with E-state index in [-0.39, 0.29) is 36.2 Å². The van der Waals surface area contributed by atoms with Crippen molar-refractivity contribution in [2.45, 2.75) is 32.1 Å². The molecule has 9 heteroatoms. The Labute approximate surface area is 168 Å². The predicted octanol–water partition coefficient (Wildman–Crippen LogP) is 1.16. The van der Waals surface area contributed by atoms with Crippen LogP contribution < -0.4 is 0 Å². The molecule has 1 saturated carbocycles. The van der Waals surface area contributed by atoms with Crippen LogP contribution in [0.15, 0.2) is 11.1 Å². The van der Waals surface area contributed by atoms with Crippen LogP contribution >= 0.6 is 11.8 Å². The predicted molar refractivity (Wildman–Crippen MR) is 102 cm³/mol. The number of thioether (sulfide) groups is 1. The van der Waals surface area contributed by atoms with Gasteiger partial charge in [-0.15, -0.1) is 0 Å². The molecule has 0 N–H and O–H groups in total. The van der Waals surface area contributed by atoms with E-state index in [1.165, 1.54) is 29.8 Å². The molecule has 0 aromatic carbocycles. The number of carbonyl (C=O) groups excluding carboxylic acids is 4. The summed E-state index contributed by atoms with van der Waals surface area (Å²) >= 11 is 1.29. The zero-order valence-electron chi connectivity index (χ0n) is 16.1. The molecule has 28 heavy (non-hydrogen) atoms. The Morgan fingerprint density at radius 2 is 1.86 bits per heavy atom. The molecule has 2 aliphatic heterocycles. The highest BCUT2D eigenvalue weighted by Crippen LogP contribution is 2.32. The molecule has 3 rings (SSSR count). The minimum Gasteiger partial charge on any atom is -0.466 e. The molecular formula is C19H26N2O6S. The van der Waals surface area contributed by atoms with E-state index in [4.69, 9.17) is 4.74 Å². The summed E-state index contributed by atoms with van der Waals surface area (Å²) in [6, 6.07) is 0. The zero-order valence-corrected chi connectivity index (χ0v) is 16.9. The molecule has 2 amide bonds. The third-order valence-corrected chi connectivity index (χ3v) is 6.22. The van der Waals surface area contributed by atoms with Crippen molar-refractivity contribution >= 4 is 35.5 Å². The first-order valence-electron chi connectivity index (χ1n) is 9.68. The van der Waals surface area contributed by atoms with Crippen LogP contribution in [0.1, 0.15) is 32.1 Å².